The maximum atomic E-state index is 12.5. The molecule has 3 aromatic rings. The molecule has 0 saturated carbocycles. The third-order valence-electron chi connectivity index (χ3n) is 5.91. The lowest BCUT2D eigenvalue weighted by molar-refractivity contribution is -0.117. The van der Waals surface area contributed by atoms with Crippen molar-refractivity contribution in [3.63, 3.8) is 0 Å². The van der Waals surface area contributed by atoms with Crippen LogP contribution in [0.5, 0.6) is 0 Å². The molecular weight excluding hydrogens is 446 g/mol. The molecule has 0 spiro atoms. The number of amides is 1. The van der Waals surface area contributed by atoms with Gasteiger partial charge in [-0.3, -0.25) is 4.79 Å². The third kappa shape index (κ3) is 5.48. The second-order valence-electron chi connectivity index (χ2n) is 8.07. The molecule has 1 aliphatic heterocycles. The third-order valence-corrected chi connectivity index (χ3v) is 7.16. The van der Waals surface area contributed by atoms with Crippen molar-refractivity contribution in [3.8, 4) is 16.5 Å². The van der Waals surface area contributed by atoms with Crippen molar-refractivity contribution in [2.45, 2.75) is 13.8 Å². The first-order valence-corrected chi connectivity index (χ1v) is 12.4. The van der Waals surface area contributed by atoms with Gasteiger partial charge in [0.05, 0.1) is 19.8 Å². The first-order valence-electron chi connectivity index (χ1n) is 11.5. The Morgan fingerprint density at radius 3 is 2.68 bits per heavy atom. The molecule has 2 heterocycles. The number of carbonyl (C=O) groups excluding carboxylic acids is 1. The number of nitrogens with one attached hydrogen (secondary N) is 1. The number of morpholine rings is 1. The maximum Gasteiger partial charge on any atom is 0.262 e. The number of thiophene rings is 1. The Morgan fingerprint density at radius 1 is 1.15 bits per heavy atom. The van der Waals surface area contributed by atoms with Gasteiger partial charge in [-0.25, -0.2) is 0 Å². The average molecular weight is 476 g/mol. The molecule has 34 heavy (non-hydrogen) atoms. The zero-order valence-corrected chi connectivity index (χ0v) is 20.4. The van der Waals surface area contributed by atoms with Crippen molar-refractivity contribution < 1.29 is 14.3 Å². The van der Waals surface area contributed by atoms with E-state index in [1.165, 1.54) is 16.5 Å². The molecule has 176 valence electrons. The first-order chi connectivity index (χ1) is 16.6. The summed E-state index contributed by atoms with van der Waals surface area (Å²) in [6.07, 6.45) is 0. The van der Waals surface area contributed by atoms with Crippen molar-refractivity contribution in [2.24, 2.45) is 0 Å². The maximum absolute atomic E-state index is 12.5. The number of nitrogens with zero attached hydrogens (tertiary/aromatic N) is 2. The van der Waals surface area contributed by atoms with Crippen molar-refractivity contribution in [3.05, 3.63) is 59.0 Å². The quantitative estimate of drug-likeness (QED) is 0.286. The summed E-state index contributed by atoms with van der Waals surface area (Å²) >= 11 is 1.59. The van der Waals surface area contributed by atoms with Gasteiger partial charge in [-0.2, -0.15) is 5.26 Å². The number of hydrogen-bond acceptors (Lipinski definition) is 6. The van der Waals surface area contributed by atoms with E-state index in [-0.39, 0.29) is 11.5 Å². The smallest absolute Gasteiger partial charge is 0.262 e. The van der Waals surface area contributed by atoms with Crippen LogP contribution in [0, 0.1) is 11.3 Å². The number of fused-ring (bicyclic) bond motifs is 1. The van der Waals surface area contributed by atoms with Crippen LogP contribution in [0.4, 0.5) is 5.69 Å². The number of anilines is 1. The van der Waals surface area contributed by atoms with Gasteiger partial charge in [0.1, 0.15) is 11.6 Å². The molecular formula is C27H29N3O3S. The Labute approximate surface area is 204 Å². The van der Waals surface area contributed by atoms with E-state index < -0.39 is 0 Å². The summed E-state index contributed by atoms with van der Waals surface area (Å²) in [5.41, 5.74) is 3.17. The molecule has 0 atom stereocenters. The zero-order valence-electron chi connectivity index (χ0n) is 19.6. The van der Waals surface area contributed by atoms with E-state index in [9.17, 15) is 10.1 Å². The van der Waals surface area contributed by atoms with Crippen LogP contribution in [0.15, 0.2) is 54.1 Å². The molecule has 0 bridgehead atoms. The van der Waals surface area contributed by atoms with E-state index in [0.717, 1.165) is 41.6 Å². The van der Waals surface area contributed by atoms with Crippen molar-refractivity contribution in [1.82, 2.24) is 5.32 Å². The Bertz CT molecular complexity index is 1240. The Kier molecular flexibility index (Phi) is 7.96. The molecule has 0 unspecified atom stereocenters. The minimum Gasteiger partial charge on any atom is -0.380 e. The highest BCUT2D eigenvalue weighted by molar-refractivity contribution is 7.16. The molecule has 7 heteroatoms. The van der Waals surface area contributed by atoms with Gasteiger partial charge >= 0.3 is 0 Å². The number of allylic oxidation sites excluding steroid dienone is 1. The number of carbonyl (C=O) groups is 1. The molecule has 1 aromatic heterocycles. The average Bonchev–Trinajstić information content (AvgIpc) is 3.37. The fraction of sp³-hybridized carbons (Fsp3) is 0.333. The van der Waals surface area contributed by atoms with Crippen LogP contribution in [0.2, 0.25) is 0 Å². The highest BCUT2D eigenvalue weighted by atomic mass is 32.1. The predicted molar refractivity (Wildman–Crippen MR) is 138 cm³/mol. The Morgan fingerprint density at radius 2 is 1.91 bits per heavy atom. The van der Waals surface area contributed by atoms with Crippen LogP contribution < -0.4 is 10.2 Å². The lowest BCUT2D eigenvalue weighted by Gasteiger charge is -2.29. The highest BCUT2D eigenvalue weighted by Gasteiger charge is 2.16. The van der Waals surface area contributed by atoms with E-state index in [1.54, 1.807) is 11.3 Å². The Hall–Kier alpha value is -3.18. The van der Waals surface area contributed by atoms with Gasteiger partial charge in [0, 0.05) is 41.7 Å². The monoisotopic (exact) mass is 475 g/mol. The zero-order chi connectivity index (χ0) is 23.9. The summed E-state index contributed by atoms with van der Waals surface area (Å²) in [6, 6.07) is 19.2. The van der Waals surface area contributed by atoms with Gasteiger partial charge < -0.3 is 19.7 Å². The van der Waals surface area contributed by atoms with Crippen LogP contribution in [0.3, 0.4) is 0 Å². The molecule has 1 amide bonds. The second kappa shape index (κ2) is 11.3. The summed E-state index contributed by atoms with van der Waals surface area (Å²) in [7, 11) is 0. The molecule has 0 radical (unpaired) electrons. The van der Waals surface area contributed by atoms with Crippen molar-refractivity contribution >= 4 is 39.3 Å². The number of ether oxygens (including phenoxy) is 2. The molecule has 1 N–H and O–H groups in total. The second-order valence-corrected chi connectivity index (χ2v) is 9.16. The summed E-state index contributed by atoms with van der Waals surface area (Å²) in [6.45, 7) is 8.51. The topological polar surface area (TPSA) is 74.6 Å². The van der Waals surface area contributed by atoms with Gasteiger partial charge in [0.15, 0.2) is 0 Å². The fourth-order valence-electron chi connectivity index (χ4n) is 4.00. The highest BCUT2D eigenvalue weighted by Crippen LogP contribution is 2.35. The van der Waals surface area contributed by atoms with Crippen LogP contribution in [-0.4, -0.2) is 52.0 Å². The van der Waals surface area contributed by atoms with Crippen LogP contribution in [0.1, 0.15) is 18.7 Å². The lowest BCUT2D eigenvalue weighted by Crippen LogP contribution is -2.36. The van der Waals surface area contributed by atoms with Crippen LogP contribution in [0.25, 0.3) is 26.8 Å². The van der Waals surface area contributed by atoms with Crippen LogP contribution in [-0.2, 0) is 14.3 Å². The van der Waals surface area contributed by atoms with Crippen molar-refractivity contribution in [1.29, 1.82) is 5.26 Å². The van der Waals surface area contributed by atoms with Crippen LogP contribution >= 0.6 is 11.3 Å². The molecule has 6 nitrogen and oxygen atoms in total. The van der Waals surface area contributed by atoms with Gasteiger partial charge in [-0.15, -0.1) is 11.3 Å². The number of nitriles is 1. The van der Waals surface area contributed by atoms with Crippen molar-refractivity contribution in [2.75, 3.05) is 51.0 Å². The van der Waals surface area contributed by atoms with Gasteiger partial charge in [0.2, 0.25) is 0 Å². The van der Waals surface area contributed by atoms with E-state index in [0.29, 0.717) is 25.3 Å². The molecule has 0 aliphatic carbocycles. The number of benzene rings is 2. The fourth-order valence-corrected chi connectivity index (χ4v) is 5.01. The first kappa shape index (κ1) is 24.0. The number of rotatable bonds is 8. The SMILES string of the molecule is CCOCCNC(=O)/C(C#N)=C(\C)c1ccc(-c2ccc3cc(N4CCOCC4)ccc3c2)s1. The summed E-state index contributed by atoms with van der Waals surface area (Å²) in [5, 5.41) is 14.7. The Balaban J connectivity index is 1.53. The summed E-state index contributed by atoms with van der Waals surface area (Å²) in [5.74, 6) is -0.364. The lowest BCUT2D eigenvalue weighted by atomic mass is 10.0. The van der Waals surface area contributed by atoms with E-state index in [4.69, 9.17) is 9.47 Å². The normalized spacial score (nSPS) is 14.6. The minimum atomic E-state index is -0.364. The summed E-state index contributed by atoms with van der Waals surface area (Å²) < 4.78 is 10.7. The molecule has 1 aliphatic rings. The molecule has 4 rings (SSSR count). The molecule has 1 fully saturated rings. The minimum absolute atomic E-state index is 0.138. The number of hydrogen-bond donors (Lipinski definition) is 1. The van der Waals surface area contributed by atoms with E-state index in [2.05, 4.69) is 58.8 Å². The predicted octanol–water partition coefficient (Wildman–Crippen LogP) is 4.85. The van der Waals surface area contributed by atoms with Gasteiger partial charge in [0.25, 0.3) is 5.91 Å². The largest absolute Gasteiger partial charge is 0.380 e. The van der Waals surface area contributed by atoms with E-state index >= 15 is 0 Å². The standard InChI is InChI=1S/C27H29N3O3S/c1-3-32-13-10-29-27(31)24(18-28)19(2)25-8-9-26(34-25)22-5-4-21-17-23(7-6-20(21)16-22)30-11-14-33-15-12-30/h4-9,16-17H,3,10-15H2,1-2H3,(H,29,31)/b24-19+. The van der Waals surface area contributed by atoms with Gasteiger partial charge in [-0.05, 0) is 66.1 Å². The van der Waals surface area contributed by atoms with E-state index in [1.807, 2.05) is 19.9 Å². The molecule has 2 aromatic carbocycles. The molecule has 1 saturated heterocycles. The summed E-state index contributed by atoms with van der Waals surface area (Å²) in [4.78, 5) is 16.8. The van der Waals surface area contributed by atoms with Gasteiger partial charge in [-0.1, -0.05) is 18.2 Å².